The molecule has 0 bridgehead atoms. The number of rotatable bonds is 7. The Labute approximate surface area is 164 Å². The molecule has 1 N–H and O–H groups in total. The number of hydrogen-bond acceptors (Lipinski definition) is 4. The highest BCUT2D eigenvalue weighted by Gasteiger charge is 2.09. The first kappa shape index (κ1) is 19.5. The number of ether oxygens (including phenoxy) is 1. The van der Waals surface area contributed by atoms with E-state index in [1.165, 1.54) is 5.56 Å². The predicted octanol–water partition coefficient (Wildman–Crippen LogP) is 3.89. The molecule has 2 heterocycles. The SMILES string of the molecule is Cc1ccc(OCC(=O)N/N=C\c2cc(C)n(Cc3ccco3)c2C)cc1C. The monoisotopic (exact) mass is 379 g/mol. The van der Waals surface area contributed by atoms with E-state index >= 15 is 0 Å². The third kappa shape index (κ3) is 4.71. The van der Waals surface area contributed by atoms with Gasteiger partial charge in [0, 0.05) is 17.0 Å². The summed E-state index contributed by atoms with van der Waals surface area (Å²) >= 11 is 0. The Balaban J connectivity index is 1.55. The summed E-state index contributed by atoms with van der Waals surface area (Å²) in [7, 11) is 0. The lowest BCUT2D eigenvalue weighted by Crippen LogP contribution is -2.24. The van der Waals surface area contributed by atoms with Gasteiger partial charge in [0.15, 0.2) is 6.61 Å². The van der Waals surface area contributed by atoms with Gasteiger partial charge in [-0.15, -0.1) is 0 Å². The van der Waals surface area contributed by atoms with Gasteiger partial charge in [-0.25, -0.2) is 5.43 Å². The maximum absolute atomic E-state index is 12.0. The molecule has 0 saturated heterocycles. The number of aromatic nitrogens is 1. The van der Waals surface area contributed by atoms with Crippen molar-refractivity contribution in [1.29, 1.82) is 0 Å². The fraction of sp³-hybridized carbons (Fsp3) is 0.273. The standard InChI is InChI=1S/C22H25N3O3/c1-15-7-8-20(10-16(15)2)28-14-22(26)24-23-12-19-11-17(3)25(18(19)4)13-21-6-5-9-27-21/h5-12H,13-14H2,1-4H3,(H,24,26)/b23-12-. The second-order valence-electron chi connectivity index (χ2n) is 6.82. The molecule has 1 aromatic carbocycles. The van der Waals surface area contributed by atoms with Crippen molar-refractivity contribution in [2.45, 2.75) is 34.2 Å². The molecule has 3 rings (SSSR count). The van der Waals surface area contributed by atoms with E-state index in [2.05, 4.69) is 15.1 Å². The lowest BCUT2D eigenvalue weighted by Gasteiger charge is -2.07. The summed E-state index contributed by atoms with van der Waals surface area (Å²) in [5.74, 6) is 1.25. The molecule has 0 fully saturated rings. The van der Waals surface area contributed by atoms with Crippen molar-refractivity contribution in [2.75, 3.05) is 6.61 Å². The van der Waals surface area contributed by atoms with Gasteiger partial charge in [-0.3, -0.25) is 4.79 Å². The van der Waals surface area contributed by atoms with Crippen LogP contribution in [0.1, 0.15) is 33.8 Å². The van der Waals surface area contributed by atoms with Crippen molar-refractivity contribution in [3.8, 4) is 5.75 Å². The second kappa shape index (κ2) is 8.61. The summed E-state index contributed by atoms with van der Waals surface area (Å²) in [5.41, 5.74) is 7.91. The molecule has 0 radical (unpaired) electrons. The summed E-state index contributed by atoms with van der Waals surface area (Å²) in [4.78, 5) is 12.0. The molecular weight excluding hydrogens is 354 g/mol. The lowest BCUT2D eigenvalue weighted by molar-refractivity contribution is -0.123. The Kier molecular flexibility index (Phi) is 5.99. The quantitative estimate of drug-likeness (QED) is 0.500. The van der Waals surface area contributed by atoms with Crippen molar-refractivity contribution in [3.63, 3.8) is 0 Å². The van der Waals surface area contributed by atoms with Gasteiger partial charge < -0.3 is 13.7 Å². The maximum atomic E-state index is 12.0. The first-order valence-electron chi connectivity index (χ1n) is 9.15. The van der Waals surface area contributed by atoms with Gasteiger partial charge in [0.2, 0.25) is 0 Å². The molecule has 0 spiro atoms. The number of nitrogens with zero attached hydrogens (tertiary/aromatic N) is 2. The van der Waals surface area contributed by atoms with Gasteiger partial charge in [-0.2, -0.15) is 5.10 Å². The normalized spacial score (nSPS) is 11.1. The Morgan fingerprint density at radius 3 is 2.71 bits per heavy atom. The average molecular weight is 379 g/mol. The van der Waals surface area contributed by atoms with Crippen molar-refractivity contribution >= 4 is 12.1 Å². The van der Waals surface area contributed by atoms with Gasteiger partial charge in [-0.1, -0.05) is 6.07 Å². The number of nitrogens with one attached hydrogen (secondary N) is 1. The molecule has 0 atom stereocenters. The molecule has 0 aliphatic heterocycles. The maximum Gasteiger partial charge on any atom is 0.277 e. The van der Waals surface area contributed by atoms with Crippen molar-refractivity contribution in [1.82, 2.24) is 9.99 Å². The van der Waals surface area contributed by atoms with Gasteiger partial charge in [0.05, 0.1) is 19.0 Å². The van der Waals surface area contributed by atoms with E-state index in [-0.39, 0.29) is 12.5 Å². The van der Waals surface area contributed by atoms with E-state index < -0.39 is 0 Å². The molecule has 0 saturated carbocycles. The van der Waals surface area contributed by atoms with E-state index in [0.29, 0.717) is 12.3 Å². The van der Waals surface area contributed by atoms with Crippen LogP contribution < -0.4 is 10.2 Å². The number of furan rings is 1. The van der Waals surface area contributed by atoms with E-state index in [0.717, 1.165) is 28.3 Å². The molecule has 0 aliphatic carbocycles. The number of carbonyl (C=O) groups is 1. The highest BCUT2D eigenvalue weighted by Crippen LogP contribution is 2.17. The van der Waals surface area contributed by atoms with Crippen LogP contribution in [0.2, 0.25) is 0 Å². The zero-order valence-corrected chi connectivity index (χ0v) is 16.7. The average Bonchev–Trinajstić information content (AvgIpc) is 3.27. The predicted molar refractivity (Wildman–Crippen MR) is 109 cm³/mol. The second-order valence-corrected chi connectivity index (χ2v) is 6.82. The highest BCUT2D eigenvalue weighted by atomic mass is 16.5. The number of hydrogen-bond donors (Lipinski definition) is 1. The molecule has 146 valence electrons. The summed E-state index contributed by atoms with van der Waals surface area (Å²) in [6.07, 6.45) is 3.32. The van der Waals surface area contributed by atoms with Gasteiger partial charge >= 0.3 is 0 Å². The minimum Gasteiger partial charge on any atom is -0.484 e. The van der Waals surface area contributed by atoms with Gasteiger partial charge in [-0.05, 0) is 69.2 Å². The molecule has 0 unspecified atom stereocenters. The number of amides is 1. The van der Waals surface area contributed by atoms with Crippen LogP contribution in [0.3, 0.4) is 0 Å². The Morgan fingerprint density at radius 1 is 1.18 bits per heavy atom. The fourth-order valence-corrected chi connectivity index (χ4v) is 2.92. The van der Waals surface area contributed by atoms with Crippen LogP contribution in [-0.2, 0) is 11.3 Å². The Hall–Kier alpha value is -3.28. The first-order chi connectivity index (χ1) is 13.4. The highest BCUT2D eigenvalue weighted by molar-refractivity contribution is 5.84. The van der Waals surface area contributed by atoms with E-state index in [4.69, 9.17) is 9.15 Å². The number of hydrazone groups is 1. The van der Waals surface area contributed by atoms with Crippen LogP contribution in [0.4, 0.5) is 0 Å². The minimum absolute atomic E-state index is 0.0860. The number of carbonyl (C=O) groups excluding carboxylic acids is 1. The van der Waals surface area contributed by atoms with Crippen LogP contribution in [-0.4, -0.2) is 23.3 Å². The van der Waals surface area contributed by atoms with Gasteiger partial charge in [0.25, 0.3) is 5.91 Å². The zero-order valence-electron chi connectivity index (χ0n) is 16.7. The first-order valence-corrected chi connectivity index (χ1v) is 9.15. The van der Waals surface area contributed by atoms with Crippen LogP contribution in [0.25, 0.3) is 0 Å². The topological polar surface area (TPSA) is 68.8 Å². The summed E-state index contributed by atoms with van der Waals surface area (Å²) in [6.45, 7) is 8.66. The molecule has 1 amide bonds. The van der Waals surface area contributed by atoms with Crippen molar-refractivity contribution in [3.05, 3.63) is 76.5 Å². The molecule has 6 nitrogen and oxygen atoms in total. The summed E-state index contributed by atoms with van der Waals surface area (Å²) < 4.78 is 13.1. The van der Waals surface area contributed by atoms with E-state index in [9.17, 15) is 4.79 Å². The van der Waals surface area contributed by atoms with Crippen molar-refractivity contribution < 1.29 is 13.9 Å². The lowest BCUT2D eigenvalue weighted by atomic mass is 10.1. The third-order valence-electron chi connectivity index (χ3n) is 4.75. The van der Waals surface area contributed by atoms with E-state index in [1.54, 1.807) is 12.5 Å². The Morgan fingerprint density at radius 2 is 2.00 bits per heavy atom. The molecule has 28 heavy (non-hydrogen) atoms. The molecule has 6 heteroatoms. The van der Waals surface area contributed by atoms with Crippen molar-refractivity contribution in [2.24, 2.45) is 5.10 Å². The molecule has 2 aromatic heterocycles. The summed E-state index contributed by atoms with van der Waals surface area (Å²) in [6, 6.07) is 11.6. The van der Waals surface area contributed by atoms with Crippen LogP contribution in [0.5, 0.6) is 5.75 Å². The minimum atomic E-state index is -0.307. The van der Waals surface area contributed by atoms with Crippen LogP contribution >= 0.6 is 0 Å². The van der Waals surface area contributed by atoms with Crippen LogP contribution in [0.15, 0.2) is 52.2 Å². The third-order valence-corrected chi connectivity index (χ3v) is 4.75. The zero-order chi connectivity index (χ0) is 20.1. The smallest absolute Gasteiger partial charge is 0.277 e. The van der Waals surface area contributed by atoms with E-state index in [1.807, 2.05) is 64.1 Å². The number of aryl methyl sites for hydroxylation is 3. The van der Waals surface area contributed by atoms with Gasteiger partial charge in [0.1, 0.15) is 11.5 Å². The summed E-state index contributed by atoms with van der Waals surface area (Å²) in [5, 5.41) is 4.06. The largest absolute Gasteiger partial charge is 0.484 e. The number of benzene rings is 1. The molecular formula is C22H25N3O3. The molecule has 0 aliphatic rings. The fourth-order valence-electron chi connectivity index (χ4n) is 2.92. The Bertz CT molecular complexity index is 985. The molecule has 3 aromatic rings. The van der Waals surface area contributed by atoms with Crippen LogP contribution in [0, 0.1) is 27.7 Å².